The minimum Gasteiger partial charge on any atom is -0.396 e. The molecule has 6 nitrogen and oxygen atoms in total. The van der Waals surface area contributed by atoms with Gasteiger partial charge in [0.2, 0.25) is 0 Å². The van der Waals surface area contributed by atoms with Crippen LogP contribution in [0.1, 0.15) is 26.7 Å². The number of aliphatic hydroxyl groups is 1. The maximum absolute atomic E-state index is 11.2. The number of nitrogens with one attached hydrogen (secondary N) is 2. The lowest BCUT2D eigenvalue weighted by molar-refractivity contribution is -0.383. The summed E-state index contributed by atoms with van der Waals surface area (Å²) in [6, 6.07) is 5.12. The number of para-hydroxylation sites is 1. The number of benzene rings is 1. The van der Waals surface area contributed by atoms with Crippen molar-refractivity contribution in [3.63, 3.8) is 0 Å². The van der Waals surface area contributed by atoms with Gasteiger partial charge in [-0.15, -0.1) is 0 Å². The molecule has 0 amide bonds. The molecule has 0 saturated heterocycles. The molecule has 0 saturated carbocycles. The van der Waals surface area contributed by atoms with Crippen LogP contribution in [0.15, 0.2) is 18.2 Å². The largest absolute Gasteiger partial charge is 0.396 e. The van der Waals surface area contributed by atoms with E-state index < -0.39 is 4.92 Å². The van der Waals surface area contributed by atoms with Gasteiger partial charge in [0.1, 0.15) is 11.4 Å². The normalized spacial score (nSPS) is 11.2. The van der Waals surface area contributed by atoms with E-state index in [9.17, 15) is 15.2 Å². The molecule has 0 aromatic heterocycles. The van der Waals surface area contributed by atoms with E-state index in [0.29, 0.717) is 17.9 Å². The fourth-order valence-electron chi connectivity index (χ4n) is 2.15. The highest BCUT2D eigenvalue weighted by Crippen LogP contribution is 2.34. The van der Waals surface area contributed by atoms with Crippen LogP contribution in [0, 0.1) is 15.5 Å². The summed E-state index contributed by atoms with van der Waals surface area (Å²) >= 11 is 0. The number of rotatable bonds is 8. The molecule has 0 radical (unpaired) electrons. The van der Waals surface area contributed by atoms with Crippen LogP contribution in [0.4, 0.5) is 17.1 Å². The van der Waals surface area contributed by atoms with E-state index in [-0.39, 0.29) is 17.7 Å². The van der Waals surface area contributed by atoms with E-state index in [1.807, 2.05) is 13.8 Å². The predicted molar refractivity (Wildman–Crippen MR) is 81.2 cm³/mol. The van der Waals surface area contributed by atoms with Gasteiger partial charge in [0.25, 0.3) is 0 Å². The third-order valence-electron chi connectivity index (χ3n) is 3.98. The molecule has 6 heteroatoms. The Kier molecular flexibility index (Phi) is 5.76. The average Bonchev–Trinajstić information content (AvgIpc) is 2.48. The summed E-state index contributed by atoms with van der Waals surface area (Å²) in [5.74, 6) is 0. The van der Waals surface area contributed by atoms with Crippen LogP contribution in [0.5, 0.6) is 0 Å². The monoisotopic (exact) mass is 281 g/mol. The molecular formula is C14H23N3O3. The summed E-state index contributed by atoms with van der Waals surface area (Å²) in [5, 5.41) is 26.7. The lowest BCUT2D eigenvalue weighted by Gasteiger charge is -2.30. The zero-order valence-electron chi connectivity index (χ0n) is 12.3. The van der Waals surface area contributed by atoms with E-state index in [1.54, 1.807) is 25.2 Å². The summed E-state index contributed by atoms with van der Waals surface area (Å²) in [4.78, 5) is 10.8. The molecule has 1 aromatic rings. The van der Waals surface area contributed by atoms with Gasteiger partial charge in [-0.1, -0.05) is 19.9 Å². The van der Waals surface area contributed by atoms with Crippen molar-refractivity contribution in [2.24, 2.45) is 5.41 Å². The van der Waals surface area contributed by atoms with Gasteiger partial charge in [-0.3, -0.25) is 10.1 Å². The molecule has 1 rings (SSSR count). The van der Waals surface area contributed by atoms with Crippen LogP contribution < -0.4 is 10.6 Å². The summed E-state index contributed by atoms with van der Waals surface area (Å²) in [7, 11) is 1.65. The third-order valence-corrected chi connectivity index (χ3v) is 3.98. The van der Waals surface area contributed by atoms with Gasteiger partial charge in [0.15, 0.2) is 0 Å². The molecule has 0 heterocycles. The number of nitrogens with zero attached hydrogens (tertiary/aromatic N) is 1. The number of anilines is 2. The quantitative estimate of drug-likeness (QED) is 0.504. The van der Waals surface area contributed by atoms with Crippen molar-refractivity contribution < 1.29 is 10.0 Å². The molecule has 0 aliphatic carbocycles. The van der Waals surface area contributed by atoms with E-state index in [2.05, 4.69) is 10.6 Å². The molecule has 0 aliphatic heterocycles. The first-order chi connectivity index (χ1) is 9.53. The van der Waals surface area contributed by atoms with Crippen molar-refractivity contribution in [2.45, 2.75) is 26.7 Å². The SMILES string of the molecule is CCC(CC)(CO)CNc1cccc(NC)c1[N+](=O)[O-]. The van der Waals surface area contributed by atoms with Crippen LogP contribution in [0.25, 0.3) is 0 Å². The van der Waals surface area contributed by atoms with Gasteiger partial charge >= 0.3 is 5.69 Å². The second kappa shape index (κ2) is 7.09. The Labute approximate surface area is 119 Å². The van der Waals surface area contributed by atoms with E-state index in [1.165, 1.54) is 0 Å². The van der Waals surface area contributed by atoms with Gasteiger partial charge in [0, 0.05) is 19.0 Å². The minimum absolute atomic E-state index is 0.0362. The molecule has 1 aromatic carbocycles. The Morgan fingerprint density at radius 2 is 1.90 bits per heavy atom. The number of nitro benzene ring substituents is 1. The molecule has 3 N–H and O–H groups in total. The Hall–Kier alpha value is -1.82. The predicted octanol–water partition coefficient (Wildman–Crippen LogP) is 2.85. The van der Waals surface area contributed by atoms with Crippen LogP contribution in [-0.4, -0.2) is 30.2 Å². The summed E-state index contributed by atoms with van der Waals surface area (Å²) in [6.07, 6.45) is 1.62. The van der Waals surface area contributed by atoms with Crippen molar-refractivity contribution in [1.29, 1.82) is 0 Å². The average molecular weight is 281 g/mol. The second-order valence-electron chi connectivity index (χ2n) is 4.93. The van der Waals surface area contributed by atoms with Crippen molar-refractivity contribution in [2.75, 3.05) is 30.8 Å². The van der Waals surface area contributed by atoms with Gasteiger partial charge in [0.05, 0.1) is 11.5 Å². The Balaban J connectivity index is 3.01. The Morgan fingerprint density at radius 3 is 2.35 bits per heavy atom. The minimum atomic E-state index is -0.396. The molecular weight excluding hydrogens is 258 g/mol. The zero-order valence-corrected chi connectivity index (χ0v) is 12.3. The van der Waals surface area contributed by atoms with E-state index >= 15 is 0 Å². The first-order valence-electron chi connectivity index (χ1n) is 6.83. The molecule has 0 unspecified atom stereocenters. The third kappa shape index (κ3) is 3.39. The molecule has 0 atom stereocenters. The van der Waals surface area contributed by atoms with Crippen LogP contribution in [0.2, 0.25) is 0 Å². The van der Waals surface area contributed by atoms with Gasteiger partial charge in [-0.05, 0) is 25.0 Å². The van der Waals surface area contributed by atoms with Crippen molar-refractivity contribution in [3.05, 3.63) is 28.3 Å². The van der Waals surface area contributed by atoms with Crippen molar-refractivity contribution >= 4 is 17.1 Å². The van der Waals surface area contributed by atoms with Gasteiger partial charge < -0.3 is 15.7 Å². The molecule has 112 valence electrons. The van der Waals surface area contributed by atoms with Crippen molar-refractivity contribution in [1.82, 2.24) is 0 Å². The highest BCUT2D eigenvalue weighted by Gasteiger charge is 2.27. The number of hydrogen-bond acceptors (Lipinski definition) is 5. The smallest absolute Gasteiger partial charge is 0.315 e. The molecule has 20 heavy (non-hydrogen) atoms. The summed E-state index contributed by atoms with van der Waals surface area (Å²) < 4.78 is 0. The number of aliphatic hydroxyl groups excluding tert-OH is 1. The van der Waals surface area contributed by atoms with Crippen LogP contribution >= 0.6 is 0 Å². The second-order valence-corrected chi connectivity index (χ2v) is 4.93. The molecule has 0 aliphatic rings. The maximum Gasteiger partial charge on any atom is 0.315 e. The van der Waals surface area contributed by atoms with Gasteiger partial charge in [-0.25, -0.2) is 0 Å². The zero-order chi connectivity index (χ0) is 15.2. The standard InChI is InChI=1S/C14H23N3O3/c1-4-14(5-2,10-18)9-16-12-8-6-7-11(15-3)13(12)17(19)20/h6-8,15-16,18H,4-5,9-10H2,1-3H3. The first kappa shape index (κ1) is 16.2. The summed E-state index contributed by atoms with van der Waals surface area (Å²) in [6.45, 7) is 4.59. The fraction of sp³-hybridized carbons (Fsp3) is 0.571. The maximum atomic E-state index is 11.2. The topological polar surface area (TPSA) is 87.4 Å². The van der Waals surface area contributed by atoms with E-state index in [4.69, 9.17) is 0 Å². The fourth-order valence-corrected chi connectivity index (χ4v) is 2.15. The Morgan fingerprint density at radius 1 is 1.30 bits per heavy atom. The first-order valence-corrected chi connectivity index (χ1v) is 6.83. The Bertz CT molecular complexity index is 451. The van der Waals surface area contributed by atoms with Crippen LogP contribution in [0.3, 0.4) is 0 Å². The van der Waals surface area contributed by atoms with E-state index in [0.717, 1.165) is 12.8 Å². The number of nitro groups is 1. The lowest BCUT2D eigenvalue weighted by Crippen LogP contribution is -2.32. The number of hydrogen-bond donors (Lipinski definition) is 3. The lowest BCUT2D eigenvalue weighted by atomic mass is 9.83. The van der Waals surface area contributed by atoms with Crippen LogP contribution in [-0.2, 0) is 0 Å². The molecule has 0 spiro atoms. The summed E-state index contributed by atoms with van der Waals surface area (Å²) in [5.41, 5.74) is 0.738. The highest BCUT2D eigenvalue weighted by atomic mass is 16.6. The van der Waals surface area contributed by atoms with Gasteiger partial charge in [-0.2, -0.15) is 0 Å². The molecule has 0 bridgehead atoms. The molecule has 0 fully saturated rings. The highest BCUT2D eigenvalue weighted by molar-refractivity contribution is 5.76. The van der Waals surface area contributed by atoms with Crippen molar-refractivity contribution in [3.8, 4) is 0 Å².